The van der Waals surface area contributed by atoms with Crippen molar-refractivity contribution in [1.82, 2.24) is 14.8 Å². The molecule has 0 aliphatic heterocycles. The smallest absolute Gasteiger partial charge is 0.259 e. The van der Waals surface area contributed by atoms with Crippen LogP contribution in [0.25, 0.3) is 0 Å². The Balaban J connectivity index is 2.30. The Kier molecular flexibility index (Phi) is 3.23. The minimum absolute atomic E-state index is 0.119. The van der Waals surface area contributed by atoms with Crippen LogP contribution < -0.4 is 4.90 Å². The first-order chi connectivity index (χ1) is 8.09. The van der Waals surface area contributed by atoms with Gasteiger partial charge in [-0.25, -0.2) is 0 Å². The average Bonchev–Trinajstić information content (AvgIpc) is 2.68. The molecule has 0 aromatic carbocycles. The zero-order valence-electron chi connectivity index (χ0n) is 9.46. The van der Waals surface area contributed by atoms with Crippen LogP contribution in [0.3, 0.4) is 0 Å². The Morgan fingerprint density at radius 2 is 2.06 bits per heavy atom. The van der Waals surface area contributed by atoms with Crippen molar-refractivity contribution in [2.24, 2.45) is 7.05 Å². The second-order valence-electron chi connectivity index (χ2n) is 3.57. The molecule has 2 rings (SSSR count). The maximum Gasteiger partial charge on any atom is 0.259 e. The second kappa shape index (κ2) is 4.67. The van der Waals surface area contributed by atoms with Crippen molar-refractivity contribution in [3.63, 3.8) is 0 Å². The topological polar surface area (TPSA) is 51.0 Å². The highest BCUT2D eigenvalue weighted by Gasteiger charge is 2.18. The summed E-state index contributed by atoms with van der Waals surface area (Å²) in [5, 5.41) is 4.22. The first-order valence-corrected chi connectivity index (χ1v) is 5.76. The molecule has 0 radical (unpaired) electrons. The monoisotopic (exact) mass is 294 g/mol. The number of carbonyl (C=O) groups excluding carboxylic acids is 1. The van der Waals surface area contributed by atoms with Gasteiger partial charge in [0.15, 0.2) is 5.82 Å². The third-order valence-corrected chi connectivity index (χ3v) is 2.88. The molecule has 0 aliphatic carbocycles. The van der Waals surface area contributed by atoms with Gasteiger partial charge in [-0.3, -0.25) is 19.4 Å². The van der Waals surface area contributed by atoms with Crippen LogP contribution in [0, 0.1) is 0 Å². The van der Waals surface area contributed by atoms with Crippen molar-refractivity contribution in [3.8, 4) is 0 Å². The Morgan fingerprint density at radius 3 is 2.59 bits per heavy atom. The Bertz CT molecular complexity index is 538. The van der Waals surface area contributed by atoms with Gasteiger partial charge in [0.05, 0.1) is 4.47 Å². The molecule has 2 heterocycles. The van der Waals surface area contributed by atoms with Gasteiger partial charge in [0, 0.05) is 38.2 Å². The fourth-order valence-electron chi connectivity index (χ4n) is 1.46. The van der Waals surface area contributed by atoms with Crippen LogP contribution in [0.2, 0.25) is 0 Å². The average molecular weight is 295 g/mol. The summed E-state index contributed by atoms with van der Waals surface area (Å²) in [6.07, 6.45) is 4.98. The van der Waals surface area contributed by atoms with E-state index in [1.807, 2.05) is 0 Å². The number of carbonyl (C=O) groups is 1. The minimum Gasteiger partial charge on any atom is -0.293 e. The number of rotatable bonds is 2. The van der Waals surface area contributed by atoms with E-state index in [1.165, 1.54) is 4.90 Å². The van der Waals surface area contributed by atoms with Crippen LogP contribution in [0.15, 0.2) is 35.2 Å². The van der Waals surface area contributed by atoms with Crippen molar-refractivity contribution in [2.45, 2.75) is 0 Å². The third kappa shape index (κ3) is 2.36. The number of hydrogen-bond acceptors (Lipinski definition) is 3. The first kappa shape index (κ1) is 11.8. The standard InChI is InChI=1S/C11H11BrN4O/c1-15-7-9(12)10(14-15)16(2)11(17)8-3-5-13-6-4-8/h3-7H,1-2H3. The molecule has 0 bridgehead atoms. The Labute approximate surface area is 107 Å². The molecule has 0 fully saturated rings. The number of aromatic nitrogens is 3. The largest absolute Gasteiger partial charge is 0.293 e. The SMILES string of the molecule is CN(C(=O)c1ccncc1)c1nn(C)cc1Br. The Morgan fingerprint density at radius 1 is 1.41 bits per heavy atom. The molecule has 5 nitrogen and oxygen atoms in total. The molecule has 17 heavy (non-hydrogen) atoms. The number of halogens is 1. The summed E-state index contributed by atoms with van der Waals surface area (Å²) in [6.45, 7) is 0. The lowest BCUT2D eigenvalue weighted by molar-refractivity contribution is 0.0992. The predicted octanol–water partition coefficient (Wildman–Crippen LogP) is 1.85. The number of nitrogens with zero attached hydrogens (tertiary/aromatic N) is 4. The van der Waals surface area contributed by atoms with Gasteiger partial charge in [-0.2, -0.15) is 5.10 Å². The lowest BCUT2D eigenvalue weighted by atomic mass is 10.2. The number of anilines is 1. The van der Waals surface area contributed by atoms with Crippen LogP contribution in [-0.2, 0) is 7.05 Å². The maximum absolute atomic E-state index is 12.1. The zero-order valence-corrected chi connectivity index (χ0v) is 11.0. The first-order valence-electron chi connectivity index (χ1n) is 4.97. The highest BCUT2D eigenvalue weighted by atomic mass is 79.9. The molecule has 0 unspecified atom stereocenters. The van der Waals surface area contributed by atoms with Crippen molar-refractivity contribution >= 4 is 27.7 Å². The van der Waals surface area contributed by atoms with E-state index in [4.69, 9.17) is 0 Å². The van der Waals surface area contributed by atoms with Crippen molar-refractivity contribution in [3.05, 3.63) is 40.8 Å². The summed E-state index contributed by atoms with van der Waals surface area (Å²) in [5.41, 5.74) is 0.583. The minimum atomic E-state index is -0.119. The third-order valence-electron chi connectivity index (χ3n) is 2.32. The molecule has 0 saturated carbocycles. The molecule has 0 N–H and O–H groups in total. The quantitative estimate of drug-likeness (QED) is 0.849. The predicted molar refractivity (Wildman–Crippen MR) is 67.9 cm³/mol. The molecule has 1 amide bonds. The van der Waals surface area contributed by atoms with E-state index in [2.05, 4.69) is 26.0 Å². The normalized spacial score (nSPS) is 10.3. The summed E-state index contributed by atoms with van der Waals surface area (Å²) < 4.78 is 2.43. The van der Waals surface area contributed by atoms with Gasteiger partial charge >= 0.3 is 0 Å². The van der Waals surface area contributed by atoms with Gasteiger partial charge in [0.1, 0.15) is 0 Å². The number of pyridine rings is 1. The van der Waals surface area contributed by atoms with Crippen LogP contribution >= 0.6 is 15.9 Å². The molecule has 0 saturated heterocycles. The fourth-order valence-corrected chi connectivity index (χ4v) is 2.10. The summed E-state index contributed by atoms with van der Waals surface area (Å²) in [5.74, 6) is 0.473. The summed E-state index contributed by atoms with van der Waals surface area (Å²) in [6, 6.07) is 3.35. The summed E-state index contributed by atoms with van der Waals surface area (Å²) in [7, 11) is 3.49. The molecule has 2 aromatic heterocycles. The summed E-state index contributed by atoms with van der Waals surface area (Å²) in [4.78, 5) is 17.5. The molecule has 0 atom stereocenters. The number of hydrogen-bond donors (Lipinski definition) is 0. The molecule has 2 aromatic rings. The highest BCUT2D eigenvalue weighted by Crippen LogP contribution is 2.23. The van der Waals surface area contributed by atoms with Gasteiger partial charge in [-0.05, 0) is 28.1 Å². The second-order valence-corrected chi connectivity index (χ2v) is 4.43. The lowest BCUT2D eigenvalue weighted by Crippen LogP contribution is -2.27. The van der Waals surface area contributed by atoms with Crippen LogP contribution in [0.4, 0.5) is 5.82 Å². The van der Waals surface area contributed by atoms with Crippen LogP contribution in [0.1, 0.15) is 10.4 Å². The molecule has 0 aliphatic rings. The number of aryl methyl sites for hydroxylation is 1. The van der Waals surface area contributed by atoms with Crippen LogP contribution in [-0.4, -0.2) is 27.7 Å². The Hall–Kier alpha value is -1.69. The molecule has 0 spiro atoms. The number of amides is 1. The summed E-state index contributed by atoms with van der Waals surface area (Å²) >= 11 is 3.37. The van der Waals surface area contributed by atoms with E-state index in [9.17, 15) is 4.79 Å². The van der Waals surface area contributed by atoms with E-state index < -0.39 is 0 Å². The lowest BCUT2D eigenvalue weighted by Gasteiger charge is -2.14. The van der Waals surface area contributed by atoms with E-state index in [1.54, 1.807) is 49.5 Å². The van der Waals surface area contributed by atoms with E-state index in [-0.39, 0.29) is 5.91 Å². The van der Waals surface area contributed by atoms with Gasteiger partial charge < -0.3 is 0 Å². The zero-order chi connectivity index (χ0) is 12.4. The van der Waals surface area contributed by atoms with E-state index >= 15 is 0 Å². The van der Waals surface area contributed by atoms with Crippen molar-refractivity contribution in [2.75, 3.05) is 11.9 Å². The van der Waals surface area contributed by atoms with Gasteiger partial charge in [0.25, 0.3) is 5.91 Å². The van der Waals surface area contributed by atoms with E-state index in [0.29, 0.717) is 11.4 Å². The van der Waals surface area contributed by atoms with E-state index in [0.717, 1.165) is 4.47 Å². The van der Waals surface area contributed by atoms with Crippen molar-refractivity contribution < 1.29 is 4.79 Å². The maximum atomic E-state index is 12.1. The van der Waals surface area contributed by atoms with Gasteiger partial charge in [0.2, 0.25) is 0 Å². The fraction of sp³-hybridized carbons (Fsp3) is 0.182. The molecular weight excluding hydrogens is 284 g/mol. The van der Waals surface area contributed by atoms with Gasteiger partial charge in [-0.15, -0.1) is 0 Å². The van der Waals surface area contributed by atoms with Crippen LogP contribution in [0.5, 0.6) is 0 Å². The molecule has 6 heteroatoms. The molecule has 88 valence electrons. The van der Waals surface area contributed by atoms with Gasteiger partial charge in [-0.1, -0.05) is 0 Å². The molecular formula is C11H11BrN4O. The van der Waals surface area contributed by atoms with Crippen molar-refractivity contribution in [1.29, 1.82) is 0 Å². The highest BCUT2D eigenvalue weighted by molar-refractivity contribution is 9.10.